The van der Waals surface area contributed by atoms with Gasteiger partial charge < -0.3 is 9.73 Å². The fraction of sp³-hybridized carbons (Fsp3) is 0.192. The van der Waals surface area contributed by atoms with Crippen LogP contribution in [0.2, 0.25) is 0 Å². The number of furan rings is 1. The van der Waals surface area contributed by atoms with Crippen molar-refractivity contribution in [3.05, 3.63) is 96.0 Å². The van der Waals surface area contributed by atoms with Gasteiger partial charge in [-0.1, -0.05) is 54.2 Å². The second-order valence-electron chi connectivity index (χ2n) is 7.87. The van der Waals surface area contributed by atoms with Gasteiger partial charge in [0.1, 0.15) is 11.0 Å². The summed E-state index contributed by atoms with van der Waals surface area (Å²) in [6.45, 7) is 10.3. The molecule has 4 rings (SSSR count). The number of anilines is 1. The Balaban J connectivity index is 1.69. The van der Waals surface area contributed by atoms with E-state index in [0.717, 1.165) is 33.7 Å². The minimum Gasteiger partial charge on any atom is -0.469 e. The normalized spacial score (nSPS) is 11.8. The Labute approximate surface area is 197 Å². The highest BCUT2D eigenvalue weighted by Gasteiger charge is 2.26. The van der Waals surface area contributed by atoms with E-state index >= 15 is 0 Å². The molecule has 2 aromatic carbocycles. The van der Waals surface area contributed by atoms with Crippen LogP contribution in [0.1, 0.15) is 27.7 Å². The number of hydrogen-bond donors (Lipinski definition) is 1. The Morgan fingerprint density at radius 2 is 1.85 bits per heavy atom. The summed E-state index contributed by atoms with van der Waals surface area (Å²) in [6.07, 6.45) is 3.42. The number of rotatable bonds is 8. The maximum Gasteiger partial charge on any atom is 0.242 e. The standard InChI is InChI=1S/C26H26N4O2S/c1-5-12-30-24(22-11-13-32-19(22)4)28-29-26(30)33-23(20-9-7-6-8-10-20)25(31)27-21-15-17(2)14-18(3)16-21/h5-11,13-16,23H,1,12H2,2-4H3,(H,27,31). The van der Waals surface area contributed by atoms with E-state index in [-0.39, 0.29) is 5.91 Å². The Bertz CT molecular complexity index is 1260. The van der Waals surface area contributed by atoms with Gasteiger partial charge in [0.05, 0.1) is 11.8 Å². The van der Waals surface area contributed by atoms with Gasteiger partial charge in [-0.05, 0) is 55.7 Å². The van der Waals surface area contributed by atoms with E-state index in [4.69, 9.17) is 4.42 Å². The van der Waals surface area contributed by atoms with Gasteiger partial charge in [0.25, 0.3) is 0 Å². The Morgan fingerprint density at radius 3 is 2.48 bits per heavy atom. The number of carbonyl (C=O) groups is 1. The van der Waals surface area contributed by atoms with Crippen LogP contribution < -0.4 is 5.32 Å². The summed E-state index contributed by atoms with van der Waals surface area (Å²) in [6, 6.07) is 17.6. The van der Waals surface area contributed by atoms with Crippen LogP contribution in [-0.2, 0) is 11.3 Å². The second-order valence-corrected chi connectivity index (χ2v) is 8.94. The molecule has 33 heavy (non-hydrogen) atoms. The predicted molar refractivity (Wildman–Crippen MR) is 132 cm³/mol. The van der Waals surface area contributed by atoms with Gasteiger partial charge in [-0.15, -0.1) is 16.8 Å². The number of amides is 1. The highest BCUT2D eigenvalue weighted by molar-refractivity contribution is 8.00. The number of allylic oxidation sites excluding steroid dienone is 1. The molecule has 1 amide bonds. The molecule has 0 aliphatic rings. The third-order valence-electron chi connectivity index (χ3n) is 5.18. The van der Waals surface area contributed by atoms with E-state index < -0.39 is 5.25 Å². The van der Waals surface area contributed by atoms with Gasteiger partial charge in [-0.2, -0.15) is 0 Å². The quantitative estimate of drug-likeness (QED) is 0.254. The van der Waals surface area contributed by atoms with E-state index in [0.29, 0.717) is 17.5 Å². The van der Waals surface area contributed by atoms with Crippen LogP contribution >= 0.6 is 11.8 Å². The number of thioether (sulfide) groups is 1. The molecule has 0 saturated carbocycles. The van der Waals surface area contributed by atoms with E-state index in [1.54, 1.807) is 12.3 Å². The molecule has 2 aromatic heterocycles. The van der Waals surface area contributed by atoms with Crippen molar-refractivity contribution in [1.82, 2.24) is 14.8 Å². The second kappa shape index (κ2) is 9.92. The molecule has 1 atom stereocenters. The molecule has 0 aliphatic heterocycles. The van der Waals surface area contributed by atoms with Gasteiger partial charge in [-0.3, -0.25) is 9.36 Å². The first-order valence-electron chi connectivity index (χ1n) is 10.7. The molecule has 0 fully saturated rings. The minimum absolute atomic E-state index is 0.120. The topological polar surface area (TPSA) is 73.0 Å². The number of nitrogens with zero attached hydrogens (tertiary/aromatic N) is 3. The van der Waals surface area contributed by atoms with E-state index in [9.17, 15) is 4.79 Å². The summed E-state index contributed by atoms with van der Waals surface area (Å²) in [7, 11) is 0. The summed E-state index contributed by atoms with van der Waals surface area (Å²) in [4.78, 5) is 13.5. The number of aromatic nitrogens is 3. The maximum absolute atomic E-state index is 13.5. The third kappa shape index (κ3) is 5.09. The largest absolute Gasteiger partial charge is 0.469 e. The first-order chi connectivity index (χ1) is 16.0. The Hall–Kier alpha value is -3.58. The molecule has 6 nitrogen and oxygen atoms in total. The highest BCUT2D eigenvalue weighted by atomic mass is 32.2. The molecule has 0 bridgehead atoms. The fourth-order valence-corrected chi connectivity index (χ4v) is 4.79. The number of hydrogen-bond acceptors (Lipinski definition) is 5. The average Bonchev–Trinajstić information content (AvgIpc) is 3.37. The molecular formula is C26H26N4O2S. The molecule has 0 radical (unpaired) electrons. The molecule has 1 N–H and O–H groups in total. The third-order valence-corrected chi connectivity index (χ3v) is 6.42. The minimum atomic E-state index is -0.516. The lowest BCUT2D eigenvalue weighted by molar-refractivity contribution is -0.115. The van der Waals surface area contributed by atoms with Gasteiger partial charge in [0.15, 0.2) is 11.0 Å². The summed E-state index contributed by atoms with van der Waals surface area (Å²) in [5.74, 6) is 1.33. The van der Waals surface area contributed by atoms with Crippen LogP contribution in [0.5, 0.6) is 0 Å². The lowest BCUT2D eigenvalue weighted by Gasteiger charge is -2.18. The van der Waals surface area contributed by atoms with E-state index in [2.05, 4.69) is 28.2 Å². The van der Waals surface area contributed by atoms with Gasteiger partial charge in [0, 0.05) is 12.2 Å². The smallest absolute Gasteiger partial charge is 0.242 e. The number of aryl methyl sites for hydroxylation is 3. The zero-order valence-corrected chi connectivity index (χ0v) is 19.7. The molecular weight excluding hydrogens is 432 g/mol. The first kappa shape index (κ1) is 22.6. The molecule has 0 spiro atoms. The van der Waals surface area contributed by atoms with E-state index in [1.807, 2.05) is 73.9 Å². The summed E-state index contributed by atoms with van der Waals surface area (Å²) in [5, 5.41) is 12.0. The van der Waals surface area contributed by atoms with Crippen LogP contribution in [0.3, 0.4) is 0 Å². The fourth-order valence-electron chi connectivity index (χ4n) is 3.75. The molecule has 0 aliphatic carbocycles. The zero-order valence-electron chi connectivity index (χ0n) is 18.9. The van der Waals surface area contributed by atoms with E-state index in [1.165, 1.54) is 11.8 Å². The van der Waals surface area contributed by atoms with Crippen molar-refractivity contribution in [3.8, 4) is 11.4 Å². The monoisotopic (exact) mass is 458 g/mol. The molecule has 2 heterocycles. The zero-order chi connectivity index (χ0) is 23.4. The number of carbonyl (C=O) groups excluding carboxylic acids is 1. The van der Waals surface area contributed by atoms with Crippen LogP contribution in [0.25, 0.3) is 11.4 Å². The van der Waals surface area contributed by atoms with Gasteiger partial charge in [-0.25, -0.2) is 0 Å². The number of nitrogens with one attached hydrogen (secondary N) is 1. The van der Waals surface area contributed by atoms with Crippen LogP contribution in [0.4, 0.5) is 5.69 Å². The maximum atomic E-state index is 13.5. The van der Waals surface area contributed by atoms with Crippen LogP contribution in [0.15, 0.2) is 83.1 Å². The van der Waals surface area contributed by atoms with Gasteiger partial charge in [0.2, 0.25) is 5.91 Å². The molecule has 7 heteroatoms. The Kier molecular flexibility index (Phi) is 6.79. The average molecular weight is 459 g/mol. The van der Waals surface area contributed by atoms with Crippen molar-refractivity contribution in [2.24, 2.45) is 0 Å². The van der Waals surface area contributed by atoms with Crippen molar-refractivity contribution in [2.75, 3.05) is 5.32 Å². The summed E-state index contributed by atoms with van der Waals surface area (Å²) < 4.78 is 7.41. The van der Waals surface area contributed by atoms with Crippen molar-refractivity contribution in [3.63, 3.8) is 0 Å². The van der Waals surface area contributed by atoms with Crippen molar-refractivity contribution in [2.45, 2.75) is 37.7 Å². The Morgan fingerprint density at radius 1 is 1.12 bits per heavy atom. The molecule has 168 valence electrons. The number of benzene rings is 2. The van der Waals surface area contributed by atoms with Crippen molar-refractivity contribution < 1.29 is 9.21 Å². The van der Waals surface area contributed by atoms with Crippen LogP contribution in [-0.4, -0.2) is 20.7 Å². The summed E-state index contributed by atoms with van der Waals surface area (Å²) in [5.41, 5.74) is 4.73. The lowest BCUT2D eigenvalue weighted by Crippen LogP contribution is -2.19. The predicted octanol–water partition coefficient (Wildman–Crippen LogP) is 6.12. The van der Waals surface area contributed by atoms with Crippen LogP contribution in [0, 0.1) is 20.8 Å². The lowest BCUT2D eigenvalue weighted by atomic mass is 10.1. The highest BCUT2D eigenvalue weighted by Crippen LogP contribution is 2.37. The molecule has 0 saturated heterocycles. The van der Waals surface area contributed by atoms with Crippen molar-refractivity contribution in [1.29, 1.82) is 0 Å². The first-order valence-corrected chi connectivity index (χ1v) is 11.5. The van der Waals surface area contributed by atoms with Crippen molar-refractivity contribution >= 4 is 23.4 Å². The molecule has 4 aromatic rings. The van der Waals surface area contributed by atoms with Gasteiger partial charge >= 0.3 is 0 Å². The summed E-state index contributed by atoms with van der Waals surface area (Å²) >= 11 is 1.37. The molecule has 1 unspecified atom stereocenters. The SMILES string of the molecule is C=CCn1c(SC(C(=O)Nc2cc(C)cc(C)c2)c2ccccc2)nnc1-c1ccoc1C.